The number of halogens is 2. The van der Waals surface area contributed by atoms with Gasteiger partial charge in [0.2, 0.25) is 11.8 Å². The van der Waals surface area contributed by atoms with Gasteiger partial charge in [-0.25, -0.2) is 4.90 Å². The van der Waals surface area contributed by atoms with E-state index in [1.54, 1.807) is 18.2 Å². The molecular formula is C15H15Cl2NO2. The van der Waals surface area contributed by atoms with E-state index >= 15 is 0 Å². The maximum atomic E-state index is 12.6. The zero-order valence-corrected chi connectivity index (χ0v) is 12.6. The van der Waals surface area contributed by atoms with E-state index < -0.39 is 0 Å². The highest BCUT2D eigenvalue weighted by Crippen LogP contribution is 2.43. The summed E-state index contributed by atoms with van der Waals surface area (Å²) in [7, 11) is 0. The Labute approximate surface area is 127 Å². The van der Waals surface area contributed by atoms with Gasteiger partial charge in [-0.2, -0.15) is 0 Å². The van der Waals surface area contributed by atoms with Crippen LogP contribution in [0.1, 0.15) is 26.2 Å². The number of anilines is 1. The first-order valence-electron chi connectivity index (χ1n) is 6.82. The summed E-state index contributed by atoms with van der Waals surface area (Å²) in [5.41, 5.74) is 0.413. The molecule has 1 saturated heterocycles. The number of benzene rings is 1. The Bertz CT molecular complexity index is 587. The topological polar surface area (TPSA) is 37.4 Å². The molecule has 1 aliphatic carbocycles. The van der Waals surface area contributed by atoms with Gasteiger partial charge in [-0.05, 0) is 43.4 Å². The Morgan fingerprint density at radius 2 is 1.80 bits per heavy atom. The number of carbonyl (C=O) groups excluding carboxylic acids is 2. The number of amides is 2. The second kappa shape index (κ2) is 5.05. The Morgan fingerprint density at radius 1 is 1.10 bits per heavy atom. The average Bonchev–Trinajstić information content (AvgIpc) is 2.65. The molecule has 5 heteroatoms. The minimum atomic E-state index is -0.193. The fourth-order valence-electron chi connectivity index (χ4n) is 3.28. The van der Waals surface area contributed by atoms with Crippen LogP contribution < -0.4 is 4.90 Å². The van der Waals surface area contributed by atoms with Crippen molar-refractivity contribution in [3.63, 3.8) is 0 Å². The summed E-state index contributed by atoms with van der Waals surface area (Å²) in [5.74, 6) is -0.149. The van der Waals surface area contributed by atoms with Gasteiger partial charge in [-0.15, -0.1) is 0 Å². The molecule has 3 unspecified atom stereocenters. The number of carbonyl (C=O) groups is 2. The second-order valence-corrected chi connectivity index (χ2v) is 6.58. The maximum Gasteiger partial charge on any atom is 0.237 e. The lowest BCUT2D eigenvalue weighted by molar-refractivity contribution is -0.122. The predicted molar refractivity (Wildman–Crippen MR) is 79.0 cm³/mol. The van der Waals surface area contributed by atoms with Crippen molar-refractivity contribution in [2.45, 2.75) is 26.2 Å². The molecule has 0 spiro atoms. The van der Waals surface area contributed by atoms with Crippen molar-refractivity contribution in [1.82, 2.24) is 0 Å². The zero-order valence-electron chi connectivity index (χ0n) is 11.1. The summed E-state index contributed by atoms with van der Waals surface area (Å²) in [6, 6.07) is 4.85. The number of nitrogens with zero attached hydrogens (tertiary/aromatic N) is 1. The van der Waals surface area contributed by atoms with Crippen LogP contribution in [0.4, 0.5) is 5.69 Å². The van der Waals surface area contributed by atoms with E-state index in [0.717, 1.165) is 19.3 Å². The molecule has 1 saturated carbocycles. The van der Waals surface area contributed by atoms with Crippen LogP contribution in [0.2, 0.25) is 10.0 Å². The lowest BCUT2D eigenvalue weighted by Gasteiger charge is -2.25. The van der Waals surface area contributed by atoms with E-state index in [1.165, 1.54) is 4.90 Å². The van der Waals surface area contributed by atoms with Crippen LogP contribution in [0.25, 0.3) is 0 Å². The quantitative estimate of drug-likeness (QED) is 0.737. The van der Waals surface area contributed by atoms with Gasteiger partial charge in [-0.1, -0.05) is 30.1 Å². The van der Waals surface area contributed by atoms with Crippen LogP contribution in [0, 0.1) is 17.8 Å². The molecule has 0 bridgehead atoms. The molecule has 1 aromatic rings. The molecule has 1 aromatic carbocycles. The third-order valence-electron chi connectivity index (χ3n) is 4.34. The van der Waals surface area contributed by atoms with E-state index in [0.29, 0.717) is 21.7 Å². The maximum absolute atomic E-state index is 12.6. The van der Waals surface area contributed by atoms with Gasteiger partial charge in [0.1, 0.15) is 0 Å². The molecule has 20 heavy (non-hydrogen) atoms. The molecule has 2 aliphatic rings. The van der Waals surface area contributed by atoms with Gasteiger partial charge in [0.05, 0.1) is 22.5 Å². The minimum absolute atomic E-state index is 0.129. The van der Waals surface area contributed by atoms with Crippen LogP contribution in [0.15, 0.2) is 18.2 Å². The van der Waals surface area contributed by atoms with E-state index in [4.69, 9.17) is 23.2 Å². The Hall–Kier alpha value is -1.06. The first-order chi connectivity index (χ1) is 9.49. The van der Waals surface area contributed by atoms with Gasteiger partial charge < -0.3 is 0 Å². The predicted octanol–water partition coefficient (Wildman–Crippen LogP) is 3.92. The molecule has 2 fully saturated rings. The van der Waals surface area contributed by atoms with Crippen molar-refractivity contribution in [3.8, 4) is 0 Å². The summed E-state index contributed by atoms with van der Waals surface area (Å²) >= 11 is 12.1. The third-order valence-corrected chi connectivity index (χ3v) is 4.89. The summed E-state index contributed by atoms with van der Waals surface area (Å²) in [6.45, 7) is 2.13. The smallest absolute Gasteiger partial charge is 0.237 e. The van der Waals surface area contributed by atoms with Crippen LogP contribution in [0.5, 0.6) is 0 Å². The SMILES string of the molecule is CC1CCC2C(=O)N(c3cc(Cl)ccc3Cl)C(=O)C2C1. The molecule has 0 aromatic heterocycles. The van der Waals surface area contributed by atoms with Crippen LogP contribution in [-0.4, -0.2) is 11.8 Å². The Kier molecular flexibility index (Phi) is 3.51. The normalized spacial score (nSPS) is 29.8. The number of rotatable bonds is 1. The lowest BCUT2D eigenvalue weighted by Crippen LogP contribution is -2.31. The van der Waals surface area contributed by atoms with Gasteiger partial charge in [0, 0.05) is 5.02 Å². The number of fused-ring (bicyclic) bond motifs is 1. The Balaban J connectivity index is 2.00. The summed E-state index contributed by atoms with van der Waals surface area (Å²) < 4.78 is 0. The zero-order chi connectivity index (χ0) is 14.4. The summed E-state index contributed by atoms with van der Waals surface area (Å²) in [4.78, 5) is 26.3. The summed E-state index contributed by atoms with van der Waals surface area (Å²) in [6.07, 6.45) is 2.56. The molecule has 2 amide bonds. The van der Waals surface area contributed by atoms with Crippen LogP contribution in [-0.2, 0) is 9.59 Å². The van der Waals surface area contributed by atoms with Gasteiger partial charge in [-0.3, -0.25) is 9.59 Å². The minimum Gasteiger partial charge on any atom is -0.274 e. The van der Waals surface area contributed by atoms with Gasteiger partial charge in [0.25, 0.3) is 0 Å². The second-order valence-electron chi connectivity index (χ2n) is 5.74. The van der Waals surface area contributed by atoms with Crippen molar-refractivity contribution in [2.75, 3.05) is 4.90 Å². The molecule has 106 valence electrons. The molecule has 3 atom stereocenters. The van der Waals surface area contributed by atoms with Gasteiger partial charge in [0.15, 0.2) is 0 Å². The first-order valence-corrected chi connectivity index (χ1v) is 7.57. The van der Waals surface area contributed by atoms with Crippen LogP contribution in [0.3, 0.4) is 0 Å². The van der Waals surface area contributed by atoms with Crippen molar-refractivity contribution >= 4 is 40.7 Å². The monoisotopic (exact) mass is 311 g/mol. The standard InChI is InChI=1S/C15H15Cl2NO2/c1-8-2-4-10-11(6-8)15(20)18(14(10)19)13-7-9(16)3-5-12(13)17/h3,5,7-8,10-11H,2,4,6H2,1H3. The van der Waals surface area contributed by atoms with Crippen molar-refractivity contribution in [1.29, 1.82) is 0 Å². The molecule has 0 N–H and O–H groups in total. The van der Waals surface area contributed by atoms with E-state index in [9.17, 15) is 9.59 Å². The highest BCUT2D eigenvalue weighted by molar-refractivity contribution is 6.37. The molecular weight excluding hydrogens is 297 g/mol. The van der Waals surface area contributed by atoms with Crippen molar-refractivity contribution < 1.29 is 9.59 Å². The fourth-order valence-corrected chi connectivity index (χ4v) is 3.65. The van der Waals surface area contributed by atoms with Crippen molar-refractivity contribution in [2.24, 2.45) is 17.8 Å². The molecule has 3 nitrogen and oxygen atoms in total. The van der Waals surface area contributed by atoms with Gasteiger partial charge >= 0.3 is 0 Å². The largest absolute Gasteiger partial charge is 0.274 e. The Morgan fingerprint density at radius 3 is 2.55 bits per heavy atom. The molecule has 0 radical (unpaired) electrons. The molecule has 1 aliphatic heterocycles. The van der Waals surface area contributed by atoms with Crippen molar-refractivity contribution in [3.05, 3.63) is 28.2 Å². The lowest BCUT2D eigenvalue weighted by atomic mass is 9.76. The molecule has 3 rings (SSSR count). The van der Waals surface area contributed by atoms with E-state index in [1.807, 2.05) is 0 Å². The third kappa shape index (κ3) is 2.13. The van der Waals surface area contributed by atoms with E-state index in [2.05, 4.69) is 6.92 Å². The number of hydrogen-bond acceptors (Lipinski definition) is 2. The highest BCUT2D eigenvalue weighted by Gasteiger charge is 2.50. The number of imide groups is 1. The van der Waals surface area contributed by atoms with E-state index in [-0.39, 0.29) is 23.7 Å². The average molecular weight is 312 g/mol. The number of hydrogen-bond donors (Lipinski definition) is 0. The highest BCUT2D eigenvalue weighted by atomic mass is 35.5. The summed E-state index contributed by atoms with van der Waals surface area (Å²) in [5, 5.41) is 0.844. The molecule has 1 heterocycles. The first kappa shape index (κ1) is 13.9. The van der Waals surface area contributed by atoms with Crippen LogP contribution >= 0.6 is 23.2 Å². The fraction of sp³-hybridized carbons (Fsp3) is 0.467.